The lowest BCUT2D eigenvalue weighted by Gasteiger charge is -2.18. The van der Waals surface area contributed by atoms with Gasteiger partial charge < -0.3 is 10.1 Å². The van der Waals surface area contributed by atoms with Gasteiger partial charge in [0.25, 0.3) is 0 Å². The number of rotatable bonds is 10. The van der Waals surface area contributed by atoms with E-state index in [2.05, 4.69) is 10.3 Å². The molecule has 194 valence electrons. The number of nitrogens with one attached hydrogen (secondary N) is 1. The topological polar surface area (TPSA) is 106 Å². The summed E-state index contributed by atoms with van der Waals surface area (Å²) in [6, 6.07) is 15.6. The van der Waals surface area contributed by atoms with Crippen LogP contribution in [0.25, 0.3) is 16.7 Å². The minimum atomic E-state index is -3.67. The fourth-order valence-corrected chi connectivity index (χ4v) is 6.23. The molecule has 0 unspecified atom stereocenters. The van der Waals surface area contributed by atoms with E-state index in [1.807, 2.05) is 28.8 Å². The molecular weight excluding hydrogens is 534 g/mol. The highest BCUT2D eigenvalue weighted by atomic mass is 35.5. The largest absolute Gasteiger partial charge is 0.495 e. The predicted molar refractivity (Wildman–Crippen MR) is 146 cm³/mol. The Balaban J connectivity index is 1.73. The molecule has 0 bridgehead atoms. The van der Waals surface area contributed by atoms with Crippen LogP contribution in [0.4, 0.5) is 5.82 Å². The van der Waals surface area contributed by atoms with Gasteiger partial charge in [0.2, 0.25) is 15.9 Å². The summed E-state index contributed by atoms with van der Waals surface area (Å²) in [6.45, 7) is 4.33. The van der Waals surface area contributed by atoms with Gasteiger partial charge in [-0.1, -0.05) is 49.3 Å². The third kappa shape index (κ3) is 5.74. The van der Waals surface area contributed by atoms with Crippen LogP contribution >= 0.6 is 23.4 Å². The molecule has 0 aliphatic heterocycles. The molecule has 0 atom stereocenters. The predicted octanol–water partition coefficient (Wildman–Crippen LogP) is 4.84. The number of fused-ring (bicyclic) bond motifs is 1. The van der Waals surface area contributed by atoms with Crippen molar-refractivity contribution in [3.05, 3.63) is 65.8 Å². The van der Waals surface area contributed by atoms with Gasteiger partial charge in [-0.25, -0.2) is 18.4 Å². The molecule has 9 nitrogen and oxygen atoms in total. The quantitative estimate of drug-likeness (QED) is 0.277. The Morgan fingerprint density at radius 1 is 1.14 bits per heavy atom. The molecule has 12 heteroatoms. The van der Waals surface area contributed by atoms with Gasteiger partial charge in [-0.15, -0.1) is 0 Å². The first-order valence-electron chi connectivity index (χ1n) is 11.5. The molecule has 0 aliphatic carbocycles. The number of amides is 1. The number of hydrogen-bond acceptors (Lipinski definition) is 7. The zero-order valence-electron chi connectivity index (χ0n) is 20.5. The van der Waals surface area contributed by atoms with E-state index in [1.54, 1.807) is 51.3 Å². The van der Waals surface area contributed by atoms with Crippen molar-refractivity contribution in [2.75, 3.05) is 31.3 Å². The average molecular weight is 560 g/mol. The van der Waals surface area contributed by atoms with Gasteiger partial charge in [0.15, 0.2) is 5.16 Å². The van der Waals surface area contributed by atoms with Gasteiger partial charge in [-0.3, -0.25) is 9.36 Å². The van der Waals surface area contributed by atoms with Crippen molar-refractivity contribution in [1.29, 1.82) is 0 Å². The van der Waals surface area contributed by atoms with Crippen LogP contribution in [-0.2, 0) is 14.8 Å². The van der Waals surface area contributed by atoms with Crippen LogP contribution in [0.2, 0.25) is 5.02 Å². The van der Waals surface area contributed by atoms with Gasteiger partial charge in [-0.05, 0) is 42.5 Å². The molecule has 2 aromatic carbocycles. The molecule has 4 aromatic rings. The van der Waals surface area contributed by atoms with Gasteiger partial charge in [0.05, 0.1) is 39.5 Å². The van der Waals surface area contributed by atoms with Crippen LogP contribution < -0.4 is 10.1 Å². The summed E-state index contributed by atoms with van der Waals surface area (Å²) in [7, 11) is -2.09. The Kier molecular flexibility index (Phi) is 8.38. The van der Waals surface area contributed by atoms with E-state index in [-0.39, 0.29) is 16.6 Å². The minimum Gasteiger partial charge on any atom is -0.495 e. The third-order valence-electron chi connectivity index (χ3n) is 5.59. The van der Waals surface area contributed by atoms with E-state index in [0.29, 0.717) is 51.6 Å². The van der Waals surface area contributed by atoms with Crippen LogP contribution in [0, 0.1) is 0 Å². The maximum Gasteiger partial charge on any atom is 0.243 e. The first-order valence-corrected chi connectivity index (χ1v) is 14.3. The molecule has 4 rings (SSSR count). The Bertz CT molecular complexity index is 1520. The molecule has 0 spiro atoms. The summed E-state index contributed by atoms with van der Waals surface area (Å²) in [4.78, 5) is 21.6. The zero-order valence-corrected chi connectivity index (χ0v) is 22.9. The fraction of sp³-hybridized carbons (Fsp3) is 0.240. The second-order valence-electron chi connectivity index (χ2n) is 7.84. The first kappa shape index (κ1) is 26.9. The molecule has 2 heterocycles. The summed E-state index contributed by atoms with van der Waals surface area (Å²) in [5.41, 5.74) is 1.89. The summed E-state index contributed by atoms with van der Waals surface area (Å²) in [5, 5.41) is 3.72. The van der Waals surface area contributed by atoms with E-state index < -0.39 is 10.0 Å². The van der Waals surface area contributed by atoms with Crippen molar-refractivity contribution in [3.63, 3.8) is 0 Å². The Labute approximate surface area is 224 Å². The highest BCUT2D eigenvalue weighted by Gasteiger charge is 2.24. The Morgan fingerprint density at radius 3 is 2.57 bits per heavy atom. The lowest BCUT2D eigenvalue weighted by Crippen LogP contribution is -2.30. The highest BCUT2D eigenvalue weighted by Crippen LogP contribution is 2.34. The molecule has 0 saturated carbocycles. The van der Waals surface area contributed by atoms with Gasteiger partial charge in [0.1, 0.15) is 11.6 Å². The number of imidazole rings is 1. The number of thioether (sulfide) groups is 1. The standard InChI is InChI=1S/C25H26ClN5O4S2/c1-4-30(5-2)37(33,34)18-11-12-20-19(14-18)28-25(31(20)21-8-6-7-9-22(21)35-3)36-16-24(32)29-23-13-10-17(26)15-27-23/h6-15H,4-5,16H2,1-3H3,(H,27,29,32). The monoisotopic (exact) mass is 559 g/mol. The molecule has 0 saturated heterocycles. The maximum absolute atomic E-state index is 13.1. The number of aromatic nitrogens is 3. The summed E-state index contributed by atoms with van der Waals surface area (Å²) < 4.78 is 35.0. The second-order valence-corrected chi connectivity index (χ2v) is 11.2. The number of para-hydroxylation sites is 2. The number of nitrogens with zero attached hydrogens (tertiary/aromatic N) is 4. The number of benzene rings is 2. The van der Waals surface area contributed by atoms with E-state index in [0.717, 1.165) is 0 Å². The van der Waals surface area contributed by atoms with Crippen molar-refractivity contribution in [2.45, 2.75) is 23.9 Å². The van der Waals surface area contributed by atoms with Crippen LogP contribution in [0.3, 0.4) is 0 Å². The fourth-order valence-electron chi connectivity index (χ4n) is 3.81. The van der Waals surface area contributed by atoms with E-state index >= 15 is 0 Å². The van der Waals surface area contributed by atoms with Crippen molar-refractivity contribution in [3.8, 4) is 11.4 Å². The zero-order chi connectivity index (χ0) is 26.6. The third-order valence-corrected chi connectivity index (χ3v) is 8.80. The van der Waals surface area contributed by atoms with Crippen molar-refractivity contribution in [1.82, 2.24) is 18.8 Å². The number of anilines is 1. The smallest absolute Gasteiger partial charge is 0.243 e. The van der Waals surface area contributed by atoms with Crippen LogP contribution in [-0.4, -0.2) is 59.1 Å². The van der Waals surface area contributed by atoms with Crippen LogP contribution in [0.1, 0.15) is 13.8 Å². The molecule has 0 radical (unpaired) electrons. The van der Waals surface area contributed by atoms with Crippen molar-refractivity contribution < 1.29 is 17.9 Å². The lowest BCUT2D eigenvalue weighted by molar-refractivity contribution is -0.113. The molecule has 0 fully saturated rings. The number of halogens is 1. The summed E-state index contributed by atoms with van der Waals surface area (Å²) in [5.74, 6) is 0.772. The lowest BCUT2D eigenvalue weighted by atomic mass is 10.2. The van der Waals surface area contributed by atoms with Crippen molar-refractivity contribution in [2.24, 2.45) is 0 Å². The van der Waals surface area contributed by atoms with Crippen LogP contribution in [0.15, 0.2) is 70.8 Å². The maximum atomic E-state index is 13.1. The number of carbonyl (C=O) groups excluding carboxylic acids is 1. The van der Waals surface area contributed by atoms with E-state index in [9.17, 15) is 13.2 Å². The average Bonchev–Trinajstić information content (AvgIpc) is 3.26. The normalized spacial score (nSPS) is 11.7. The molecule has 1 N–H and O–H groups in total. The molecule has 0 aliphatic rings. The first-order chi connectivity index (χ1) is 17.8. The van der Waals surface area contributed by atoms with Gasteiger partial charge >= 0.3 is 0 Å². The summed E-state index contributed by atoms with van der Waals surface area (Å²) >= 11 is 7.08. The van der Waals surface area contributed by atoms with Gasteiger partial charge in [0, 0.05) is 19.3 Å². The second kappa shape index (κ2) is 11.5. The molecule has 2 aromatic heterocycles. The van der Waals surface area contributed by atoms with Crippen LogP contribution in [0.5, 0.6) is 5.75 Å². The van der Waals surface area contributed by atoms with Crippen molar-refractivity contribution >= 4 is 56.1 Å². The number of pyridine rings is 1. The number of methoxy groups -OCH3 is 1. The molecule has 1 amide bonds. The minimum absolute atomic E-state index is 0.0490. The Morgan fingerprint density at radius 2 is 1.89 bits per heavy atom. The molecular formula is C25H26ClN5O4S2. The number of hydrogen-bond donors (Lipinski definition) is 1. The van der Waals surface area contributed by atoms with Gasteiger partial charge in [-0.2, -0.15) is 4.31 Å². The highest BCUT2D eigenvalue weighted by molar-refractivity contribution is 7.99. The Hall–Kier alpha value is -3.12. The number of sulfonamides is 1. The SMILES string of the molecule is CCN(CC)S(=O)(=O)c1ccc2c(c1)nc(SCC(=O)Nc1ccc(Cl)cn1)n2-c1ccccc1OC. The number of ether oxygens (including phenoxy) is 1. The number of carbonyl (C=O) groups is 1. The van der Waals surface area contributed by atoms with E-state index in [4.69, 9.17) is 21.3 Å². The van der Waals surface area contributed by atoms with E-state index in [1.165, 1.54) is 22.3 Å². The molecule has 37 heavy (non-hydrogen) atoms. The summed E-state index contributed by atoms with van der Waals surface area (Å²) in [6.07, 6.45) is 1.45.